The number of nitrogens with one attached hydrogen (secondary N) is 2. The van der Waals surface area contributed by atoms with E-state index in [9.17, 15) is 19.8 Å². The van der Waals surface area contributed by atoms with Gasteiger partial charge in [-0.3, -0.25) is 4.79 Å². The number of carbonyl (C=O) groups is 2. The molecule has 1 aliphatic rings. The first kappa shape index (κ1) is 25.4. The molecular weight excluding hydrogens is 434 g/mol. The number of urea groups is 1. The van der Waals surface area contributed by atoms with Crippen LogP contribution in [0, 0.1) is 0 Å². The highest BCUT2D eigenvalue weighted by Gasteiger charge is 2.37. The Kier molecular flexibility index (Phi) is 8.04. The molecule has 2 amide bonds. The molecule has 0 aliphatic carbocycles. The van der Waals surface area contributed by atoms with E-state index in [1.165, 1.54) is 0 Å². The molecule has 1 heterocycles. The van der Waals surface area contributed by atoms with Crippen molar-refractivity contribution in [2.45, 2.75) is 64.0 Å². The van der Waals surface area contributed by atoms with Gasteiger partial charge in [-0.05, 0) is 81.0 Å². The minimum atomic E-state index is -0.910. The fraction of sp³-hybridized carbons (Fsp3) is 0.462. The maximum Gasteiger partial charge on any atom is 0.323 e. The zero-order valence-electron chi connectivity index (χ0n) is 20.3. The third-order valence-electron chi connectivity index (χ3n) is 6.38. The monoisotopic (exact) mass is 469 g/mol. The fourth-order valence-electron chi connectivity index (χ4n) is 4.62. The van der Waals surface area contributed by atoms with Gasteiger partial charge in [0.1, 0.15) is 5.75 Å². The summed E-state index contributed by atoms with van der Waals surface area (Å²) in [6, 6.07) is 12.2. The Labute approximate surface area is 200 Å². The SMILES string of the molecule is CCC(CC(=O)O)c1ccc(N2CCC[C@@H]2C(C)(C)O)c(NC(=O)Nc2ccc(OC)cc2)c1. The molecule has 184 valence electrons. The van der Waals surface area contributed by atoms with Gasteiger partial charge in [0.2, 0.25) is 0 Å². The molecule has 8 nitrogen and oxygen atoms in total. The summed E-state index contributed by atoms with van der Waals surface area (Å²) in [5, 5.41) is 25.8. The molecule has 0 spiro atoms. The summed E-state index contributed by atoms with van der Waals surface area (Å²) in [4.78, 5) is 26.4. The molecule has 3 rings (SSSR count). The Balaban J connectivity index is 1.92. The van der Waals surface area contributed by atoms with E-state index in [1.807, 2.05) is 25.1 Å². The minimum absolute atomic E-state index is 0.0172. The number of carbonyl (C=O) groups excluding carboxylic acids is 1. The average molecular weight is 470 g/mol. The molecule has 1 saturated heterocycles. The molecule has 1 unspecified atom stereocenters. The summed E-state index contributed by atoms with van der Waals surface area (Å²) in [6.07, 6.45) is 2.46. The van der Waals surface area contributed by atoms with Crippen molar-refractivity contribution in [1.29, 1.82) is 0 Å². The predicted molar refractivity (Wildman–Crippen MR) is 134 cm³/mol. The number of aliphatic carboxylic acids is 1. The molecule has 1 aliphatic heterocycles. The normalized spacial score (nSPS) is 16.7. The van der Waals surface area contributed by atoms with E-state index in [0.29, 0.717) is 23.5 Å². The third-order valence-corrected chi connectivity index (χ3v) is 6.38. The van der Waals surface area contributed by atoms with E-state index < -0.39 is 17.6 Å². The van der Waals surface area contributed by atoms with Gasteiger partial charge in [0.25, 0.3) is 0 Å². The second-order valence-corrected chi connectivity index (χ2v) is 9.29. The first-order valence-corrected chi connectivity index (χ1v) is 11.7. The Morgan fingerprint density at radius 2 is 1.88 bits per heavy atom. The molecule has 2 aromatic carbocycles. The lowest BCUT2D eigenvalue weighted by Crippen LogP contribution is -2.46. The molecular formula is C26H35N3O5. The molecule has 2 aromatic rings. The van der Waals surface area contributed by atoms with Crippen LogP contribution >= 0.6 is 0 Å². The second-order valence-electron chi connectivity index (χ2n) is 9.29. The molecule has 0 bridgehead atoms. The number of rotatable bonds is 9. The van der Waals surface area contributed by atoms with Gasteiger partial charge in [0, 0.05) is 12.2 Å². The summed E-state index contributed by atoms with van der Waals surface area (Å²) in [5.74, 6) is -0.332. The molecule has 0 aromatic heterocycles. The highest BCUT2D eigenvalue weighted by atomic mass is 16.5. The molecule has 2 atom stereocenters. The van der Waals surface area contributed by atoms with Crippen molar-refractivity contribution in [3.8, 4) is 5.75 Å². The summed E-state index contributed by atoms with van der Waals surface area (Å²) in [6.45, 7) is 6.31. The van der Waals surface area contributed by atoms with E-state index in [1.54, 1.807) is 45.2 Å². The Morgan fingerprint density at radius 1 is 1.18 bits per heavy atom. The Bertz CT molecular complexity index is 1000. The fourth-order valence-corrected chi connectivity index (χ4v) is 4.62. The minimum Gasteiger partial charge on any atom is -0.497 e. The van der Waals surface area contributed by atoms with Crippen molar-refractivity contribution < 1.29 is 24.5 Å². The number of ether oxygens (including phenoxy) is 1. The number of hydrogen-bond donors (Lipinski definition) is 4. The Hall–Kier alpha value is -3.26. The first-order chi connectivity index (χ1) is 16.1. The lowest BCUT2D eigenvalue weighted by atomic mass is 9.92. The van der Waals surface area contributed by atoms with E-state index in [2.05, 4.69) is 15.5 Å². The van der Waals surface area contributed by atoms with E-state index in [4.69, 9.17) is 4.74 Å². The van der Waals surface area contributed by atoms with Crippen LogP contribution in [-0.2, 0) is 4.79 Å². The van der Waals surface area contributed by atoms with Gasteiger partial charge in [0.15, 0.2) is 0 Å². The molecule has 4 N–H and O–H groups in total. The lowest BCUT2D eigenvalue weighted by molar-refractivity contribution is -0.137. The average Bonchev–Trinajstić information content (AvgIpc) is 3.28. The van der Waals surface area contributed by atoms with Gasteiger partial charge >= 0.3 is 12.0 Å². The molecule has 8 heteroatoms. The van der Waals surface area contributed by atoms with Crippen molar-refractivity contribution >= 4 is 29.1 Å². The molecule has 0 saturated carbocycles. The number of aliphatic hydroxyl groups is 1. The zero-order valence-corrected chi connectivity index (χ0v) is 20.3. The van der Waals surface area contributed by atoms with E-state index in [0.717, 1.165) is 30.6 Å². The van der Waals surface area contributed by atoms with Gasteiger partial charge in [-0.1, -0.05) is 13.0 Å². The van der Waals surface area contributed by atoms with Gasteiger partial charge in [-0.25, -0.2) is 4.79 Å². The lowest BCUT2D eigenvalue weighted by Gasteiger charge is -2.36. The van der Waals surface area contributed by atoms with Crippen LogP contribution in [0.5, 0.6) is 5.75 Å². The first-order valence-electron chi connectivity index (χ1n) is 11.7. The summed E-state index contributed by atoms with van der Waals surface area (Å²) >= 11 is 0. The Morgan fingerprint density at radius 3 is 2.47 bits per heavy atom. The summed E-state index contributed by atoms with van der Waals surface area (Å²) in [5.41, 5.74) is 1.95. The largest absolute Gasteiger partial charge is 0.497 e. The van der Waals surface area contributed by atoms with Crippen molar-refractivity contribution in [3.05, 3.63) is 48.0 Å². The van der Waals surface area contributed by atoms with Crippen molar-refractivity contribution in [1.82, 2.24) is 0 Å². The number of nitrogens with zero attached hydrogens (tertiary/aromatic N) is 1. The van der Waals surface area contributed by atoms with Gasteiger partial charge in [-0.15, -0.1) is 0 Å². The van der Waals surface area contributed by atoms with Crippen LogP contribution in [-0.4, -0.2) is 47.5 Å². The molecule has 0 radical (unpaired) electrons. The van der Waals surface area contributed by atoms with Crippen molar-refractivity contribution in [2.24, 2.45) is 0 Å². The number of methoxy groups -OCH3 is 1. The van der Waals surface area contributed by atoms with Gasteiger partial charge in [-0.2, -0.15) is 0 Å². The number of anilines is 3. The van der Waals surface area contributed by atoms with Crippen molar-refractivity contribution in [2.75, 3.05) is 29.2 Å². The molecule has 34 heavy (non-hydrogen) atoms. The second kappa shape index (κ2) is 10.8. The van der Waals surface area contributed by atoms with Gasteiger partial charge < -0.3 is 30.5 Å². The third kappa shape index (κ3) is 6.20. The standard InChI is InChI=1S/C26H35N3O5/c1-5-17(16-24(30)31)18-8-13-22(29-14-6-7-23(29)26(2,3)33)21(15-18)28-25(32)27-19-9-11-20(34-4)12-10-19/h8-13,15,17,23,33H,5-7,14,16H2,1-4H3,(H,30,31)(H2,27,28,32)/t17?,23-/m1/s1. The maximum atomic E-state index is 12.9. The van der Waals surface area contributed by atoms with Crippen LogP contribution in [0.2, 0.25) is 0 Å². The van der Waals surface area contributed by atoms with Crippen LogP contribution in [0.15, 0.2) is 42.5 Å². The maximum absolute atomic E-state index is 12.9. The smallest absolute Gasteiger partial charge is 0.323 e. The predicted octanol–water partition coefficient (Wildman–Crippen LogP) is 5.05. The van der Waals surface area contributed by atoms with Crippen LogP contribution in [0.3, 0.4) is 0 Å². The van der Waals surface area contributed by atoms with Crippen LogP contribution in [0.4, 0.5) is 21.9 Å². The quantitative estimate of drug-likeness (QED) is 0.409. The number of hydrogen-bond acceptors (Lipinski definition) is 5. The summed E-state index contributed by atoms with van der Waals surface area (Å²) < 4.78 is 5.16. The van der Waals surface area contributed by atoms with Crippen LogP contribution < -0.4 is 20.3 Å². The van der Waals surface area contributed by atoms with Crippen LogP contribution in [0.1, 0.15) is 57.9 Å². The molecule has 1 fully saturated rings. The van der Waals surface area contributed by atoms with E-state index in [-0.39, 0.29) is 18.4 Å². The summed E-state index contributed by atoms with van der Waals surface area (Å²) in [7, 11) is 1.58. The number of amides is 2. The highest BCUT2D eigenvalue weighted by Crippen LogP contribution is 2.38. The number of benzene rings is 2. The highest BCUT2D eigenvalue weighted by molar-refractivity contribution is 6.02. The van der Waals surface area contributed by atoms with E-state index >= 15 is 0 Å². The zero-order chi connectivity index (χ0) is 24.9. The topological polar surface area (TPSA) is 111 Å². The number of carboxylic acids is 1. The number of carboxylic acid groups (broad SMARTS) is 1. The van der Waals surface area contributed by atoms with Crippen LogP contribution in [0.25, 0.3) is 0 Å². The van der Waals surface area contributed by atoms with Gasteiger partial charge in [0.05, 0.1) is 36.5 Å². The van der Waals surface area contributed by atoms with Crippen molar-refractivity contribution in [3.63, 3.8) is 0 Å².